The number of nitrogens with zero attached hydrogens (tertiary/aromatic N) is 2. The highest BCUT2D eigenvalue weighted by Crippen LogP contribution is 2.23. The molecule has 132 valence electrons. The van der Waals surface area contributed by atoms with Gasteiger partial charge < -0.3 is 14.7 Å². The Hall–Kier alpha value is -1.43. The quantitative estimate of drug-likeness (QED) is 0.896. The molecule has 5 heteroatoms. The van der Waals surface area contributed by atoms with Crippen LogP contribution in [0, 0.1) is 12.8 Å². The van der Waals surface area contributed by atoms with Gasteiger partial charge >= 0.3 is 0 Å². The van der Waals surface area contributed by atoms with Crippen LogP contribution in [0.25, 0.3) is 0 Å². The molecule has 1 aromatic rings. The number of rotatable bonds is 4. The number of aryl methyl sites for hydroxylation is 1. The van der Waals surface area contributed by atoms with Gasteiger partial charge in [0.2, 0.25) is 5.91 Å². The highest BCUT2D eigenvalue weighted by atomic mass is 16.5. The third-order valence-electron chi connectivity index (χ3n) is 5.27. The van der Waals surface area contributed by atoms with Gasteiger partial charge in [-0.05, 0) is 43.4 Å². The molecule has 0 radical (unpaired) electrons. The number of aliphatic hydroxyl groups excluding tert-OH is 1. The lowest BCUT2D eigenvalue weighted by atomic mass is 9.86. The zero-order chi connectivity index (χ0) is 16.9. The molecule has 2 atom stereocenters. The minimum Gasteiger partial charge on any atom is -0.391 e. The molecule has 3 rings (SSSR count). The van der Waals surface area contributed by atoms with Crippen LogP contribution in [0.3, 0.4) is 0 Å². The van der Waals surface area contributed by atoms with E-state index in [1.54, 1.807) is 0 Å². The van der Waals surface area contributed by atoms with Crippen molar-refractivity contribution in [3.63, 3.8) is 0 Å². The minimum absolute atomic E-state index is 0.155. The molecule has 2 aliphatic heterocycles. The number of ether oxygens (including phenoxy) is 1. The lowest BCUT2D eigenvalue weighted by Gasteiger charge is -2.37. The van der Waals surface area contributed by atoms with E-state index in [0.717, 1.165) is 19.4 Å². The number of β-amino-alcohol motifs (C(OH)–C–C–N with tert-alkyl or cyclic N) is 1. The Morgan fingerprint density at radius 2 is 2.00 bits per heavy atom. The van der Waals surface area contributed by atoms with Crippen LogP contribution < -0.4 is 0 Å². The average molecular weight is 332 g/mol. The van der Waals surface area contributed by atoms with E-state index < -0.39 is 0 Å². The number of benzene rings is 1. The van der Waals surface area contributed by atoms with Crippen molar-refractivity contribution < 1.29 is 14.6 Å². The molecule has 0 saturated carbocycles. The van der Waals surface area contributed by atoms with E-state index in [-0.39, 0.29) is 17.9 Å². The molecule has 0 unspecified atom stereocenters. The van der Waals surface area contributed by atoms with Crippen LogP contribution in [-0.2, 0) is 16.0 Å². The SMILES string of the molecule is Cc1ccccc1C[C@H]1CCN(CC(=O)N2CCOCC2)C[C@@H]1O. The first-order valence-corrected chi connectivity index (χ1v) is 8.94. The zero-order valence-electron chi connectivity index (χ0n) is 14.5. The summed E-state index contributed by atoms with van der Waals surface area (Å²) in [6.07, 6.45) is 1.49. The number of hydrogen-bond acceptors (Lipinski definition) is 4. The largest absolute Gasteiger partial charge is 0.391 e. The molecule has 0 spiro atoms. The third-order valence-corrected chi connectivity index (χ3v) is 5.27. The highest BCUT2D eigenvalue weighted by Gasteiger charge is 2.30. The first-order valence-electron chi connectivity index (χ1n) is 8.94. The molecule has 2 heterocycles. The van der Waals surface area contributed by atoms with E-state index in [1.807, 2.05) is 4.90 Å². The van der Waals surface area contributed by atoms with Gasteiger partial charge in [0.1, 0.15) is 0 Å². The lowest BCUT2D eigenvalue weighted by Crippen LogP contribution is -2.50. The summed E-state index contributed by atoms with van der Waals surface area (Å²) in [6.45, 7) is 6.64. The van der Waals surface area contributed by atoms with Gasteiger partial charge in [-0.3, -0.25) is 9.69 Å². The standard InChI is InChI=1S/C19H28N2O3/c1-15-4-2-3-5-16(15)12-17-6-7-20(13-18(17)22)14-19(23)21-8-10-24-11-9-21/h2-5,17-18,22H,6-14H2,1H3/t17-,18+/m1/s1. The summed E-state index contributed by atoms with van der Waals surface area (Å²) in [4.78, 5) is 16.3. The Balaban J connectivity index is 1.49. The molecule has 1 N–H and O–H groups in total. The Morgan fingerprint density at radius 1 is 1.25 bits per heavy atom. The normalized spacial score (nSPS) is 25.7. The van der Waals surface area contributed by atoms with Gasteiger partial charge in [-0.1, -0.05) is 24.3 Å². The van der Waals surface area contributed by atoms with Gasteiger partial charge in [0.25, 0.3) is 0 Å². The zero-order valence-corrected chi connectivity index (χ0v) is 14.5. The van der Waals surface area contributed by atoms with Gasteiger partial charge in [0.15, 0.2) is 0 Å². The van der Waals surface area contributed by atoms with Gasteiger partial charge in [-0.2, -0.15) is 0 Å². The van der Waals surface area contributed by atoms with Crippen LogP contribution in [0.1, 0.15) is 17.5 Å². The Kier molecular flexibility index (Phi) is 5.87. The second kappa shape index (κ2) is 8.10. The summed E-state index contributed by atoms with van der Waals surface area (Å²) >= 11 is 0. The predicted molar refractivity (Wildman–Crippen MR) is 92.8 cm³/mol. The summed E-state index contributed by atoms with van der Waals surface area (Å²) < 4.78 is 5.29. The smallest absolute Gasteiger partial charge is 0.236 e. The number of morpholine rings is 1. The average Bonchev–Trinajstić information content (AvgIpc) is 2.60. The molecule has 5 nitrogen and oxygen atoms in total. The van der Waals surface area contributed by atoms with E-state index in [9.17, 15) is 9.90 Å². The summed E-state index contributed by atoms with van der Waals surface area (Å²) in [5, 5.41) is 10.5. The molecule has 1 amide bonds. The van der Waals surface area contributed by atoms with Gasteiger partial charge in [0.05, 0.1) is 25.9 Å². The molecule has 0 aliphatic carbocycles. The van der Waals surface area contributed by atoms with Crippen molar-refractivity contribution in [2.24, 2.45) is 5.92 Å². The first-order chi connectivity index (χ1) is 11.6. The maximum atomic E-state index is 12.3. The molecule has 2 aliphatic rings. The number of piperidine rings is 1. The van der Waals surface area contributed by atoms with Crippen LogP contribution in [0.15, 0.2) is 24.3 Å². The molecule has 1 aromatic carbocycles. The summed E-state index contributed by atoms with van der Waals surface area (Å²) in [5.74, 6) is 0.434. The first kappa shape index (κ1) is 17.4. The van der Waals surface area contributed by atoms with Crippen LogP contribution in [0.5, 0.6) is 0 Å². The highest BCUT2D eigenvalue weighted by molar-refractivity contribution is 5.78. The lowest BCUT2D eigenvalue weighted by molar-refractivity contribution is -0.137. The van der Waals surface area contributed by atoms with E-state index in [0.29, 0.717) is 39.4 Å². The van der Waals surface area contributed by atoms with Gasteiger partial charge in [-0.15, -0.1) is 0 Å². The molecule has 24 heavy (non-hydrogen) atoms. The molecule has 0 aromatic heterocycles. The van der Waals surface area contributed by atoms with Crippen molar-refractivity contribution in [3.8, 4) is 0 Å². The van der Waals surface area contributed by atoms with Crippen molar-refractivity contribution in [3.05, 3.63) is 35.4 Å². The maximum absolute atomic E-state index is 12.3. The van der Waals surface area contributed by atoms with E-state index in [2.05, 4.69) is 36.1 Å². The number of carbonyl (C=O) groups excluding carboxylic acids is 1. The Bertz CT molecular complexity index is 557. The van der Waals surface area contributed by atoms with Crippen molar-refractivity contribution in [2.45, 2.75) is 25.9 Å². The van der Waals surface area contributed by atoms with E-state index >= 15 is 0 Å². The van der Waals surface area contributed by atoms with E-state index in [1.165, 1.54) is 11.1 Å². The van der Waals surface area contributed by atoms with Crippen LogP contribution in [-0.4, -0.2) is 72.9 Å². The summed E-state index contributed by atoms with van der Waals surface area (Å²) in [7, 11) is 0. The summed E-state index contributed by atoms with van der Waals surface area (Å²) in [5.41, 5.74) is 2.61. The summed E-state index contributed by atoms with van der Waals surface area (Å²) in [6, 6.07) is 8.38. The fourth-order valence-electron chi connectivity index (χ4n) is 3.65. The van der Waals surface area contributed by atoms with Gasteiger partial charge in [0, 0.05) is 19.6 Å². The third kappa shape index (κ3) is 4.35. The predicted octanol–water partition coefficient (Wildman–Crippen LogP) is 1.08. The maximum Gasteiger partial charge on any atom is 0.236 e. The topological polar surface area (TPSA) is 53.0 Å². The van der Waals surface area contributed by atoms with E-state index in [4.69, 9.17) is 4.74 Å². The van der Waals surface area contributed by atoms with Gasteiger partial charge in [-0.25, -0.2) is 0 Å². The molecule has 0 bridgehead atoms. The van der Waals surface area contributed by atoms with Crippen molar-refractivity contribution in [1.82, 2.24) is 9.80 Å². The molecular weight excluding hydrogens is 304 g/mol. The van der Waals surface area contributed by atoms with Crippen molar-refractivity contribution in [2.75, 3.05) is 45.9 Å². The van der Waals surface area contributed by atoms with Crippen LogP contribution in [0.2, 0.25) is 0 Å². The molecule has 2 fully saturated rings. The van der Waals surface area contributed by atoms with Crippen LogP contribution in [0.4, 0.5) is 0 Å². The number of hydrogen-bond donors (Lipinski definition) is 1. The fraction of sp³-hybridized carbons (Fsp3) is 0.632. The Labute approximate surface area is 144 Å². The van der Waals surface area contributed by atoms with Crippen molar-refractivity contribution >= 4 is 5.91 Å². The second-order valence-corrected chi connectivity index (χ2v) is 6.97. The minimum atomic E-state index is -0.365. The molecular formula is C19H28N2O3. The second-order valence-electron chi connectivity index (χ2n) is 6.97. The fourth-order valence-corrected chi connectivity index (χ4v) is 3.65. The number of aliphatic hydroxyl groups is 1. The monoisotopic (exact) mass is 332 g/mol. The number of amides is 1. The van der Waals surface area contributed by atoms with Crippen molar-refractivity contribution in [1.29, 1.82) is 0 Å². The Morgan fingerprint density at radius 3 is 2.71 bits per heavy atom. The van der Waals surface area contributed by atoms with Crippen LogP contribution >= 0.6 is 0 Å². The molecule has 2 saturated heterocycles. The number of likely N-dealkylation sites (tertiary alicyclic amines) is 1. The number of carbonyl (C=O) groups is 1.